The van der Waals surface area contributed by atoms with E-state index in [1.165, 1.54) is 24.3 Å². The van der Waals surface area contributed by atoms with Crippen molar-refractivity contribution in [2.45, 2.75) is 16.6 Å². The Morgan fingerprint density at radius 2 is 1.63 bits per heavy atom. The molecule has 9 nitrogen and oxygen atoms in total. The van der Waals surface area contributed by atoms with E-state index in [2.05, 4.69) is 9.97 Å². The van der Waals surface area contributed by atoms with Gasteiger partial charge in [0.25, 0.3) is 5.91 Å². The number of amides is 1. The van der Waals surface area contributed by atoms with Crippen molar-refractivity contribution < 1.29 is 21.6 Å². The standard InChI is InChI=1S/C19H22N4O5S2/c24-18(22-9-11-23(12-10-22)19-20-7-1-8-21-19)15-2-4-16(5-3-15)30(27,28)17-6-13-29(25,26)14-17/h1-5,7-8,17H,6,9-14H2/t17-/m0/s1. The van der Waals surface area contributed by atoms with Gasteiger partial charge < -0.3 is 9.80 Å². The molecule has 0 bridgehead atoms. The molecule has 0 spiro atoms. The minimum absolute atomic E-state index is 0.0483. The monoisotopic (exact) mass is 450 g/mol. The van der Waals surface area contributed by atoms with Crippen LogP contribution < -0.4 is 4.90 Å². The molecular formula is C19H22N4O5S2. The van der Waals surface area contributed by atoms with Crippen LogP contribution in [0.2, 0.25) is 0 Å². The Labute approximate surface area is 175 Å². The summed E-state index contributed by atoms with van der Waals surface area (Å²) in [7, 11) is -7.04. The van der Waals surface area contributed by atoms with Crippen molar-refractivity contribution in [2.24, 2.45) is 0 Å². The summed E-state index contributed by atoms with van der Waals surface area (Å²) in [5.74, 6) is 0.0166. The number of aromatic nitrogens is 2. The minimum atomic E-state index is -3.74. The number of anilines is 1. The molecule has 2 saturated heterocycles. The van der Waals surface area contributed by atoms with Gasteiger partial charge in [-0.2, -0.15) is 0 Å². The molecule has 30 heavy (non-hydrogen) atoms. The molecule has 1 aromatic heterocycles. The van der Waals surface area contributed by atoms with Crippen LogP contribution in [-0.2, 0) is 19.7 Å². The largest absolute Gasteiger partial charge is 0.337 e. The second kappa shape index (κ2) is 7.95. The van der Waals surface area contributed by atoms with Gasteiger partial charge in [-0.25, -0.2) is 26.8 Å². The highest BCUT2D eigenvalue weighted by molar-refractivity contribution is 7.96. The summed E-state index contributed by atoms with van der Waals surface area (Å²) in [6.45, 7) is 2.24. The number of benzene rings is 1. The molecule has 2 fully saturated rings. The van der Waals surface area contributed by atoms with E-state index >= 15 is 0 Å². The van der Waals surface area contributed by atoms with Crippen molar-refractivity contribution >= 4 is 31.5 Å². The first-order valence-electron chi connectivity index (χ1n) is 9.62. The summed E-state index contributed by atoms with van der Waals surface area (Å²) in [5, 5.41) is -0.919. The quantitative estimate of drug-likeness (QED) is 0.657. The van der Waals surface area contributed by atoms with Crippen LogP contribution in [0, 0.1) is 0 Å². The molecule has 1 atom stereocenters. The van der Waals surface area contributed by atoms with Gasteiger partial charge in [0.1, 0.15) is 0 Å². The number of piperazine rings is 1. The van der Waals surface area contributed by atoms with Gasteiger partial charge in [0.2, 0.25) is 5.95 Å². The Morgan fingerprint density at radius 1 is 1.00 bits per heavy atom. The van der Waals surface area contributed by atoms with E-state index in [9.17, 15) is 21.6 Å². The molecule has 160 valence electrons. The molecule has 2 aliphatic heterocycles. The van der Waals surface area contributed by atoms with E-state index in [1.807, 2.05) is 4.90 Å². The van der Waals surface area contributed by atoms with Crippen LogP contribution in [0.3, 0.4) is 0 Å². The SMILES string of the molecule is O=C(c1ccc(S(=O)(=O)[C@H]2CCS(=O)(=O)C2)cc1)N1CCN(c2ncccn2)CC1. The van der Waals surface area contributed by atoms with E-state index in [-0.39, 0.29) is 28.7 Å². The van der Waals surface area contributed by atoms with Crippen LogP contribution in [-0.4, -0.2) is 80.5 Å². The average Bonchev–Trinajstić information content (AvgIpc) is 3.14. The van der Waals surface area contributed by atoms with Gasteiger partial charge in [-0.05, 0) is 36.8 Å². The molecule has 11 heteroatoms. The molecule has 4 rings (SSSR count). The maximum absolute atomic E-state index is 12.8. The highest BCUT2D eigenvalue weighted by Gasteiger charge is 2.38. The van der Waals surface area contributed by atoms with Crippen molar-refractivity contribution in [3.63, 3.8) is 0 Å². The second-order valence-corrected chi connectivity index (χ2v) is 11.9. The Morgan fingerprint density at radius 3 is 2.20 bits per heavy atom. The maximum atomic E-state index is 12.8. The number of nitrogens with zero attached hydrogens (tertiary/aromatic N) is 4. The first kappa shape index (κ1) is 20.7. The lowest BCUT2D eigenvalue weighted by molar-refractivity contribution is 0.0746. The highest BCUT2D eigenvalue weighted by atomic mass is 32.2. The summed E-state index contributed by atoms with van der Waals surface area (Å²) >= 11 is 0. The summed E-state index contributed by atoms with van der Waals surface area (Å²) in [4.78, 5) is 25.0. The maximum Gasteiger partial charge on any atom is 0.253 e. The molecule has 0 saturated carbocycles. The van der Waals surface area contributed by atoms with Crippen molar-refractivity contribution in [3.05, 3.63) is 48.3 Å². The van der Waals surface area contributed by atoms with Crippen molar-refractivity contribution in [1.82, 2.24) is 14.9 Å². The molecule has 0 unspecified atom stereocenters. The summed E-state index contributed by atoms with van der Waals surface area (Å²) in [6, 6.07) is 7.51. The predicted molar refractivity (Wildman–Crippen MR) is 111 cm³/mol. The molecular weight excluding hydrogens is 428 g/mol. The van der Waals surface area contributed by atoms with Crippen LogP contribution in [0.15, 0.2) is 47.6 Å². The highest BCUT2D eigenvalue weighted by Crippen LogP contribution is 2.26. The average molecular weight is 451 g/mol. The summed E-state index contributed by atoms with van der Waals surface area (Å²) < 4.78 is 48.6. The first-order valence-corrected chi connectivity index (χ1v) is 13.0. The second-order valence-electron chi connectivity index (χ2n) is 7.42. The molecule has 0 aliphatic carbocycles. The Kier molecular flexibility index (Phi) is 5.49. The number of hydrogen-bond acceptors (Lipinski definition) is 8. The fourth-order valence-electron chi connectivity index (χ4n) is 3.73. The zero-order chi connectivity index (χ0) is 21.4. The molecule has 2 aromatic rings. The van der Waals surface area contributed by atoms with E-state index in [4.69, 9.17) is 0 Å². The van der Waals surface area contributed by atoms with Gasteiger partial charge in [-0.3, -0.25) is 4.79 Å². The molecule has 0 radical (unpaired) electrons. The lowest BCUT2D eigenvalue weighted by atomic mass is 10.2. The van der Waals surface area contributed by atoms with Gasteiger partial charge in [-0.15, -0.1) is 0 Å². The van der Waals surface area contributed by atoms with Gasteiger partial charge in [0.15, 0.2) is 19.7 Å². The number of sulfone groups is 2. The van der Waals surface area contributed by atoms with Gasteiger partial charge in [0.05, 0.1) is 21.7 Å². The first-order chi connectivity index (χ1) is 14.3. The van der Waals surface area contributed by atoms with Crippen LogP contribution >= 0.6 is 0 Å². The Hall–Kier alpha value is -2.53. The fourth-order valence-corrected chi connectivity index (χ4v) is 8.09. The summed E-state index contributed by atoms with van der Waals surface area (Å²) in [6.07, 6.45) is 3.47. The number of carbonyl (C=O) groups is 1. The van der Waals surface area contributed by atoms with Crippen LogP contribution in [0.1, 0.15) is 16.8 Å². The fraction of sp³-hybridized carbons (Fsp3) is 0.421. The Bertz CT molecular complexity index is 1130. The third-order valence-electron chi connectivity index (χ3n) is 5.46. The number of carbonyl (C=O) groups excluding carboxylic acids is 1. The van der Waals surface area contributed by atoms with Gasteiger partial charge in [-0.1, -0.05) is 0 Å². The normalized spacial score (nSPS) is 21.5. The zero-order valence-electron chi connectivity index (χ0n) is 16.2. The van der Waals surface area contributed by atoms with E-state index in [0.29, 0.717) is 37.7 Å². The molecule has 3 heterocycles. The molecule has 2 aliphatic rings. The lowest BCUT2D eigenvalue weighted by Crippen LogP contribution is -2.49. The molecule has 0 N–H and O–H groups in total. The van der Waals surface area contributed by atoms with E-state index in [1.54, 1.807) is 23.4 Å². The third-order valence-corrected chi connectivity index (χ3v) is 9.65. The van der Waals surface area contributed by atoms with E-state index in [0.717, 1.165) is 0 Å². The van der Waals surface area contributed by atoms with Gasteiger partial charge >= 0.3 is 0 Å². The third kappa shape index (κ3) is 4.17. The van der Waals surface area contributed by atoms with Crippen molar-refractivity contribution in [3.8, 4) is 0 Å². The lowest BCUT2D eigenvalue weighted by Gasteiger charge is -2.34. The molecule has 1 aromatic carbocycles. The van der Waals surface area contributed by atoms with Crippen LogP contribution in [0.4, 0.5) is 5.95 Å². The minimum Gasteiger partial charge on any atom is -0.337 e. The number of rotatable bonds is 4. The van der Waals surface area contributed by atoms with Crippen LogP contribution in [0.5, 0.6) is 0 Å². The van der Waals surface area contributed by atoms with E-state index < -0.39 is 24.9 Å². The Balaban J connectivity index is 1.41. The smallest absolute Gasteiger partial charge is 0.253 e. The van der Waals surface area contributed by atoms with Crippen molar-refractivity contribution in [2.75, 3.05) is 42.6 Å². The topological polar surface area (TPSA) is 118 Å². The summed E-state index contributed by atoms with van der Waals surface area (Å²) in [5.41, 5.74) is 0.400. The molecule has 1 amide bonds. The van der Waals surface area contributed by atoms with Crippen molar-refractivity contribution in [1.29, 1.82) is 0 Å². The number of hydrogen-bond donors (Lipinski definition) is 0. The van der Waals surface area contributed by atoms with Crippen LogP contribution in [0.25, 0.3) is 0 Å². The zero-order valence-corrected chi connectivity index (χ0v) is 17.8. The van der Waals surface area contributed by atoms with Gasteiger partial charge in [0, 0.05) is 44.1 Å². The predicted octanol–water partition coefficient (Wildman–Crippen LogP) is 0.400.